The molecule has 11 nitrogen and oxygen atoms in total. The van der Waals surface area contributed by atoms with Gasteiger partial charge in [-0.15, -0.1) is 0 Å². The van der Waals surface area contributed by atoms with Gasteiger partial charge >= 0.3 is 19.9 Å². The quantitative estimate of drug-likeness (QED) is 0.114. The number of fused-ring (bicyclic) bond motifs is 1. The maximum atomic E-state index is 13.1. The molecule has 230 valence electrons. The number of amides is 2. The Morgan fingerprint density at radius 3 is 2.40 bits per heavy atom. The van der Waals surface area contributed by atoms with Gasteiger partial charge in [-0.2, -0.15) is 0 Å². The number of carboxylic acid groups (broad SMARTS) is 1. The molecule has 0 radical (unpaired) electrons. The molecule has 45 heavy (non-hydrogen) atoms. The summed E-state index contributed by atoms with van der Waals surface area (Å²) < 4.78 is 24.3. The molecule has 0 saturated carbocycles. The minimum atomic E-state index is -2.12. The van der Waals surface area contributed by atoms with Gasteiger partial charge in [-0.1, -0.05) is 88.6 Å². The molecule has 3 aromatic carbocycles. The highest BCUT2D eigenvalue weighted by molar-refractivity contribution is 7.44. The van der Waals surface area contributed by atoms with Crippen LogP contribution in [0.5, 0.6) is 0 Å². The molecular weight excluding hydrogens is 595 g/mol. The first-order valence-corrected chi connectivity index (χ1v) is 16.0. The van der Waals surface area contributed by atoms with Crippen molar-refractivity contribution < 1.29 is 33.3 Å². The number of aliphatic carboxylic acids is 1. The lowest BCUT2D eigenvalue weighted by molar-refractivity contribution is -0.138. The lowest BCUT2D eigenvalue weighted by Gasteiger charge is -2.18. The van der Waals surface area contributed by atoms with E-state index in [-0.39, 0.29) is 18.9 Å². The van der Waals surface area contributed by atoms with E-state index in [0.29, 0.717) is 17.9 Å². The molecule has 0 saturated heterocycles. The Labute approximate surface area is 259 Å². The Morgan fingerprint density at radius 2 is 1.64 bits per heavy atom. The van der Waals surface area contributed by atoms with Gasteiger partial charge in [0.1, 0.15) is 24.1 Å². The number of para-hydroxylation sites is 1. The SMILES string of the molecule is O=C(O)CNC(=O)C(Cc1cc(-c2ccccc2)no1)C[P+](=O)CNC(=O)OC(Cc1c[nH]c2ccccc12)c1ccccc1. The van der Waals surface area contributed by atoms with Gasteiger partial charge in [0, 0.05) is 41.6 Å². The number of carbonyl (C=O) groups excluding carboxylic acids is 2. The Morgan fingerprint density at radius 1 is 0.933 bits per heavy atom. The average Bonchev–Trinajstić information content (AvgIpc) is 3.70. The van der Waals surface area contributed by atoms with Gasteiger partial charge in [0.05, 0.1) is 5.92 Å². The summed E-state index contributed by atoms with van der Waals surface area (Å²) in [4.78, 5) is 40.1. The van der Waals surface area contributed by atoms with Crippen LogP contribution in [0.15, 0.2) is 102 Å². The van der Waals surface area contributed by atoms with Crippen LogP contribution in [0, 0.1) is 5.92 Å². The van der Waals surface area contributed by atoms with Gasteiger partial charge in [0.2, 0.25) is 12.2 Å². The number of nitrogens with zero attached hydrogens (tertiary/aromatic N) is 1. The van der Waals surface area contributed by atoms with Gasteiger partial charge in [-0.3, -0.25) is 14.9 Å². The van der Waals surface area contributed by atoms with E-state index in [0.717, 1.165) is 27.6 Å². The van der Waals surface area contributed by atoms with Crippen LogP contribution in [-0.4, -0.2) is 52.2 Å². The molecule has 2 aromatic heterocycles. The summed E-state index contributed by atoms with van der Waals surface area (Å²) >= 11 is 0. The predicted molar refractivity (Wildman–Crippen MR) is 168 cm³/mol. The van der Waals surface area contributed by atoms with Gasteiger partial charge in [-0.25, -0.2) is 4.79 Å². The third-order valence-electron chi connectivity index (χ3n) is 7.19. The first kappa shape index (κ1) is 31.2. The second kappa shape index (κ2) is 14.9. The van der Waals surface area contributed by atoms with E-state index in [2.05, 4.69) is 20.8 Å². The molecule has 3 atom stereocenters. The summed E-state index contributed by atoms with van der Waals surface area (Å²) in [6.07, 6.45) is 0.631. The van der Waals surface area contributed by atoms with Crippen molar-refractivity contribution in [3.8, 4) is 11.3 Å². The molecule has 2 heterocycles. The smallest absolute Gasteiger partial charge is 0.411 e. The normalized spacial score (nSPS) is 12.7. The van der Waals surface area contributed by atoms with E-state index in [1.54, 1.807) is 6.07 Å². The first-order chi connectivity index (χ1) is 21.9. The third-order valence-corrected chi connectivity index (χ3v) is 8.54. The molecule has 2 amide bonds. The third kappa shape index (κ3) is 8.64. The zero-order valence-electron chi connectivity index (χ0n) is 24.2. The fraction of sp³-hybridized carbons (Fsp3) is 0.212. The summed E-state index contributed by atoms with van der Waals surface area (Å²) in [5.41, 5.74) is 4.16. The van der Waals surface area contributed by atoms with Gasteiger partial charge in [-0.05, 0) is 17.2 Å². The average molecular weight is 628 g/mol. The lowest BCUT2D eigenvalue weighted by Crippen LogP contribution is -2.37. The molecule has 0 fully saturated rings. The van der Waals surface area contributed by atoms with Crippen LogP contribution in [0.4, 0.5) is 4.79 Å². The molecule has 5 aromatic rings. The van der Waals surface area contributed by atoms with E-state index in [9.17, 15) is 18.9 Å². The zero-order chi connectivity index (χ0) is 31.6. The molecule has 0 aliphatic carbocycles. The van der Waals surface area contributed by atoms with Gasteiger partial charge < -0.3 is 24.7 Å². The number of ether oxygens (including phenoxy) is 1. The summed E-state index contributed by atoms with van der Waals surface area (Å²) in [5, 5.41) is 19.0. The van der Waals surface area contributed by atoms with E-state index in [1.807, 2.05) is 91.1 Å². The Hall–Kier alpha value is -5.28. The minimum Gasteiger partial charge on any atom is -0.480 e. The second-order valence-corrected chi connectivity index (χ2v) is 12.1. The molecular formula is C33H32N4O7P+. The molecule has 0 aliphatic heterocycles. The van der Waals surface area contributed by atoms with Crippen molar-refractivity contribution in [2.45, 2.75) is 18.9 Å². The Bertz CT molecular complexity index is 1770. The number of aromatic nitrogens is 2. The second-order valence-electron chi connectivity index (χ2n) is 10.4. The number of carboxylic acids is 1. The van der Waals surface area contributed by atoms with Gasteiger partial charge in [0.15, 0.2) is 6.16 Å². The fourth-order valence-corrected chi connectivity index (χ4v) is 6.19. The maximum Gasteiger partial charge on any atom is 0.411 e. The Balaban J connectivity index is 1.21. The molecule has 12 heteroatoms. The molecule has 0 spiro atoms. The van der Waals surface area contributed by atoms with Crippen molar-refractivity contribution in [1.29, 1.82) is 0 Å². The van der Waals surface area contributed by atoms with Crippen molar-refractivity contribution in [2.24, 2.45) is 5.92 Å². The molecule has 3 unspecified atom stereocenters. The number of hydrogen-bond acceptors (Lipinski definition) is 7. The number of H-pyrrole nitrogens is 1. The van der Waals surface area contributed by atoms with Crippen molar-refractivity contribution >= 4 is 36.7 Å². The maximum absolute atomic E-state index is 13.1. The summed E-state index contributed by atoms with van der Waals surface area (Å²) in [5.74, 6) is -2.31. The van der Waals surface area contributed by atoms with Crippen LogP contribution in [0.2, 0.25) is 0 Å². The zero-order valence-corrected chi connectivity index (χ0v) is 25.1. The largest absolute Gasteiger partial charge is 0.480 e. The fourth-order valence-electron chi connectivity index (χ4n) is 4.97. The van der Waals surface area contributed by atoms with Crippen molar-refractivity contribution in [3.63, 3.8) is 0 Å². The molecule has 5 rings (SSSR count). The summed E-state index contributed by atoms with van der Waals surface area (Å²) in [7, 11) is -2.12. The summed E-state index contributed by atoms with van der Waals surface area (Å²) in [6.45, 7) is -0.584. The minimum absolute atomic E-state index is 0.0392. The number of nitrogens with one attached hydrogen (secondary N) is 3. The van der Waals surface area contributed by atoms with Crippen LogP contribution in [0.25, 0.3) is 22.2 Å². The number of carbonyl (C=O) groups is 3. The van der Waals surface area contributed by atoms with Gasteiger partial charge in [0.25, 0.3) is 0 Å². The molecule has 0 bridgehead atoms. The monoisotopic (exact) mass is 627 g/mol. The van der Waals surface area contributed by atoms with E-state index >= 15 is 0 Å². The van der Waals surface area contributed by atoms with Crippen molar-refractivity contribution in [2.75, 3.05) is 19.0 Å². The number of rotatable bonds is 14. The van der Waals surface area contributed by atoms with Crippen LogP contribution < -0.4 is 10.6 Å². The first-order valence-electron chi connectivity index (χ1n) is 14.3. The van der Waals surface area contributed by atoms with Crippen LogP contribution in [-0.2, 0) is 31.7 Å². The number of hydrogen-bond donors (Lipinski definition) is 4. The number of aromatic amines is 1. The van der Waals surface area contributed by atoms with Crippen molar-refractivity contribution in [3.05, 3.63) is 114 Å². The van der Waals surface area contributed by atoms with Crippen LogP contribution in [0.1, 0.15) is 23.0 Å². The standard InChI is InChI=1S/C33H31N4O7P/c38-31(39)19-35-32(40)25(15-26-17-29(37-44-26)22-9-3-1-4-10-22)20-45(42)21-36-33(41)43-30(23-11-5-2-6-12-23)16-24-18-34-28-14-8-7-13-27(24)28/h1-14,17-18,25,30,34H,15-16,19-21H2,(H2-,35,36,38,39,40,41)/p+1. The van der Waals surface area contributed by atoms with E-state index in [1.165, 1.54) is 0 Å². The van der Waals surface area contributed by atoms with Crippen LogP contribution >= 0.6 is 7.80 Å². The highest BCUT2D eigenvalue weighted by Gasteiger charge is 2.31. The molecule has 4 N–H and O–H groups in total. The summed E-state index contributed by atoms with van der Waals surface area (Å²) in [6, 6.07) is 28.2. The van der Waals surface area contributed by atoms with E-state index in [4.69, 9.17) is 14.4 Å². The number of benzene rings is 3. The predicted octanol–water partition coefficient (Wildman–Crippen LogP) is 5.68. The molecule has 0 aliphatic rings. The van der Waals surface area contributed by atoms with Crippen molar-refractivity contribution in [1.82, 2.24) is 20.8 Å². The highest BCUT2D eigenvalue weighted by Crippen LogP contribution is 2.29. The lowest BCUT2D eigenvalue weighted by atomic mass is 10.0. The Kier molecular flexibility index (Phi) is 10.3. The number of alkyl carbamates (subject to hydrolysis) is 1. The highest BCUT2D eigenvalue weighted by atomic mass is 31.1. The topological polar surface area (TPSA) is 164 Å². The van der Waals surface area contributed by atoms with Crippen LogP contribution in [0.3, 0.4) is 0 Å². The van der Waals surface area contributed by atoms with E-state index < -0.39 is 44.3 Å².